The molecule has 0 saturated carbocycles. The molecule has 5 atom stereocenters. The average molecular weight is 1560 g/mol. The van der Waals surface area contributed by atoms with Gasteiger partial charge in [0.05, 0.1) is 26.4 Å². The van der Waals surface area contributed by atoms with Crippen LogP contribution in [0, 0.1) is 0 Å². The normalized spacial score (nSPS) is 14.5. The number of hydrogen-bond acceptors (Lipinski definition) is 15. The number of phosphoric acid groups is 2. The van der Waals surface area contributed by atoms with Crippen molar-refractivity contribution in [3.05, 3.63) is 134 Å². The molecule has 108 heavy (non-hydrogen) atoms. The van der Waals surface area contributed by atoms with E-state index in [1.54, 1.807) is 0 Å². The Morgan fingerprint density at radius 3 is 0.843 bits per heavy atom. The van der Waals surface area contributed by atoms with Crippen molar-refractivity contribution in [3.8, 4) is 0 Å². The molecular weight excluding hydrogens is 1400 g/mol. The predicted molar refractivity (Wildman–Crippen MR) is 445 cm³/mol. The van der Waals surface area contributed by atoms with E-state index in [1.807, 2.05) is 18.2 Å². The van der Waals surface area contributed by atoms with Crippen molar-refractivity contribution in [3.63, 3.8) is 0 Å². The Labute approximate surface area is 656 Å². The second kappa shape index (κ2) is 80.3. The third-order valence-corrected chi connectivity index (χ3v) is 19.5. The Morgan fingerprint density at radius 2 is 0.500 bits per heavy atom. The molecule has 0 bridgehead atoms. The summed E-state index contributed by atoms with van der Waals surface area (Å²) in [5.74, 6) is -2.30. The fourth-order valence-electron chi connectivity index (χ4n) is 11.2. The molecule has 3 N–H and O–H groups in total. The Bertz CT molecular complexity index is 2560. The van der Waals surface area contributed by atoms with Gasteiger partial charge in [-0.05, 0) is 135 Å². The van der Waals surface area contributed by atoms with E-state index in [0.717, 1.165) is 141 Å². The van der Waals surface area contributed by atoms with Gasteiger partial charge in [-0.3, -0.25) is 37.3 Å². The zero-order valence-electron chi connectivity index (χ0n) is 68.0. The van der Waals surface area contributed by atoms with Gasteiger partial charge in [0.1, 0.15) is 19.3 Å². The number of phosphoric ester groups is 2. The molecule has 0 spiro atoms. The molecule has 620 valence electrons. The smallest absolute Gasteiger partial charge is 0.462 e. The topological polar surface area (TPSA) is 237 Å². The summed E-state index contributed by atoms with van der Waals surface area (Å²) in [5, 5.41) is 10.7. The standard InChI is InChI=1S/C89H152O17P2/c1-5-9-13-17-21-25-29-33-37-39-41-43-47-51-55-59-63-67-71-75-88(93)105-84(79-99-86(91)73-69-65-61-57-53-49-45-35-31-27-23-19-15-11-7-3)81-103-107(95,96)101-77-83(90)78-102-108(97,98)104-82-85(80-100-87(92)74-70-66-62-58-54-50-46-36-32-28-24-20-16-12-8-4)106-89(94)76-72-68-64-60-56-52-48-44-42-40-38-34-30-26-22-18-14-10-6-2/h9,13,21-22,25-27,31,33-34,37-38,41-44,51-52,55-56,64,68,83-85,90H,5-8,10-12,14-20,23-24,28-30,32,35-36,39-40,45-50,53-54,57-63,65-67,69-82H2,1-4H3,(H,95,96)(H,97,98)/b13-9-,25-21-,26-22-,31-27-,37-33-,38-34-,43-41-,44-42-,55-51-,56-52-,68-64-/t83-,84-,85-/m1/s1. The first-order valence-electron chi connectivity index (χ1n) is 42.4. The van der Waals surface area contributed by atoms with Crippen LogP contribution in [0.4, 0.5) is 0 Å². The maximum atomic E-state index is 13.1. The molecule has 0 aromatic rings. The maximum absolute atomic E-state index is 13.1. The van der Waals surface area contributed by atoms with Gasteiger partial charge in [-0.25, -0.2) is 9.13 Å². The zero-order valence-corrected chi connectivity index (χ0v) is 69.8. The molecule has 0 aromatic carbocycles. The third-order valence-electron chi connectivity index (χ3n) is 17.6. The van der Waals surface area contributed by atoms with E-state index in [1.165, 1.54) is 122 Å². The van der Waals surface area contributed by atoms with Crippen LogP contribution in [0.2, 0.25) is 0 Å². The number of esters is 4. The van der Waals surface area contributed by atoms with Crippen molar-refractivity contribution in [2.75, 3.05) is 39.6 Å². The second-order valence-electron chi connectivity index (χ2n) is 28.0. The Hall–Kier alpha value is -4.80. The van der Waals surface area contributed by atoms with Gasteiger partial charge < -0.3 is 33.8 Å². The van der Waals surface area contributed by atoms with E-state index in [-0.39, 0.29) is 25.7 Å². The lowest BCUT2D eigenvalue weighted by Crippen LogP contribution is -2.30. The van der Waals surface area contributed by atoms with Crippen molar-refractivity contribution in [2.45, 2.75) is 367 Å². The van der Waals surface area contributed by atoms with E-state index in [9.17, 15) is 43.2 Å². The number of ether oxygens (including phenoxy) is 4. The highest BCUT2D eigenvalue weighted by Crippen LogP contribution is 2.45. The first-order chi connectivity index (χ1) is 52.7. The quantitative estimate of drug-likeness (QED) is 0.0169. The van der Waals surface area contributed by atoms with Crippen LogP contribution in [-0.2, 0) is 65.4 Å². The molecule has 0 heterocycles. The summed E-state index contributed by atoms with van der Waals surface area (Å²) in [6.45, 7) is 4.64. The van der Waals surface area contributed by atoms with E-state index >= 15 is 0 Å². The molecule has 0 aliphatic heterocycles. The van der Waals surface area contributed by atoms with Crippen LogP contribution < -0.4 is 0 Å². The Kier molecular flexibility index (Phi) is 76.7. The van der Waals surface area contributed by atoms with Crippen LogP contribution in [0.25, 0.3) is 0 Å². The second-order valence-corrected chi connectivity index (χ2v) is 30.9. The van der Waals surface area contributed by atoms with E-state index < -0.39 is 97.5 Å². The fraction of sp³-hybridized carbons (Fsp3) is 0.708. The molecule has 2 unspecified atom stereocenters. The lowest BCUT2D eigenvalue weighted by Gasteiger charge is -2.21. The number of unbranched alkanes of at least 4 members (excludes halogenated alkanes) is 31. The molecule has 17 nitrogen and oxygen atoms in total. The number of carbonyl (C=O) groups is 4. The summed E-state index contributed by atoms with van der Waals surface area (Å²) in [6, 6.07) is 0. The van der Waals surface area contributed by atoms with Gasteiger partial charge in [-0.2, -0.15) is 0 Å². The Morgan fingerprint density at radius 1 is 0.269 bits per heavy atom. The summed E-state index contributed by atoms with van der Waals surface area (Å²) in [7, 11) is -10.0. The molecule has 0 amide bonds. The summed E-state index contributed by atoms with van der Waals surface area (Å²) >= 11 is 0. The van der Waals surface area contributed by atoms with E-state index in [0.29, 0.717) is 32.1 Å². The first-order valence-corrected chi connectivity index (χ1v) is 45.4. The highest BCUT2D eigenvalue weighted by molar-refractivity contribution is 7.47. The summed E-state index contributed by atoms with van der Waals surface area (Å²) in [5.41, 5.74) is 0. The van der Waals surface area contributed by atoms with Gasteiger partial charge in [0.25, 0.3) is 0 Å². The van der Waals surface area contributed by atoms with Crippen LogP contribution in [-0.4, -0.2) is 96.7 Å². The third kappa shape index (κ3) is 79.3. The van der Waals surface area contributed by atoms with Crippen molar-refractivity contribution in [1.82, 2.24) is 0 Å². The molecule has 0 aromatic heterocycles. The van der Waals surface area contributed by atoms with Crippen LogP contribution in [0.3, 0.4) is 0 Å². The molecule has 0 saturated heterocycles. The van der Waals surface area contributed by atoms with Gasteiger partial charge in [-0.15, -0.1) is 0 Å². The van der Waals surface area contributed by atoms with Crippen molar-refractivity contribution >= 4 is 39.5 Å². The summed E-state index contributed by atoms with van der Waals surface area (Å²) < 4.78 is 68.7. The SMILES string of the molecule is CC/C=C\C/C=C\C/C=C\C/C=C\C/C=C\CCCCCC(=O)O[C@H](COC(=O)CCCCCCCCC/C=C\CCCCCC)COP(=O)(O)OC[C@@H](O)COP(=O)(O)OC[C@@H](COC(=O)CCCCCCCCCCCCCCCCC)OC(=O)CC/C=C\C/C=C\C/C=C\C/C=C\C/C=C\CCCCC. The van der Waals surface area contributed by atoms with Crippen molar-refractivity contribution in [1.29, 1.82) is 0 Å². The molecule has 0 fully saturated rings. The first kappa shape index (κ1) is 103. The summed E-state index contributed by atoms with van der Waals surface area (Å²) in [4.78, 5) is 73.2. The highest BCUT2D eigenvalue weighted by atomic mass is 31.2. The minimum atomic E-state index is -5.00. The van der Waals surface area contributed by atoms with Gasteiger partial charge in [0.2, 0.25) is 0 Å². The van der Waals surface area contributed by atoms with Crippen molar-refractivity contribution < 1.29 is 80.2 Å². The van der Waals surface area contributed by atoms with Crippen molar-refractivity contribution in [2.24, 2.45) is 0 Å². The number of aliphatic hydroxyl groups excluding tert-OH is 1. The van der Waals surface area contributed by atoms with Gasteiger partial charge in [-0.1, -0.05) is 322 Å². The molecule has 0 radical (unpaired) electrons. The van der Waals surface area contributed by atoms with Crippen LogP contribution in [0.5, 0.6) is 0 Å². The monoisotopic (exact) mass is 1560 g/mol. The van der Waals surface area contributed by atoms with Crippen LogP contribution >= 0.6 is 15.6 Å². The Balaban J connectivity index is 5.47. The number of aliphatic hydroxyl groups is 1. The predicted octanol–water partition coefficient (Wildman–Crippen LogP) is 25.2. The summed E-state index contributed by atoms with van der Waals surface area (Å²) in [6.07, 6.45) is 91.4. The van der Waals surface area contributed by atoms with E-state index in [4.69, 9.17) is 37.0 Å². The maximum Gasteiger partial charge on any atom is 0.472 e. The lowest BCUT2D eigenvalue weighted by atomic mass is 10.0. The highest BCUT2D eigenvalue weighted by Gasteiger charge is 2.30. The average Bonchev–Trinajstić information content (AvgIpc) is 0.907. The molecular formula is C89H152O17P2. The molecule has 19 heteroatoms. The lowest BCUT2D eigenvalue weighted by molar-refractivity contribution is -0.161. The minimum absolute atomic E-state index is 0.0295. The van der Waals surface area contributed by atoms with Gasteiger partial charge in [0.15, 0.2) is 12.2 Å². The zero-order chi connectivity index (χ0) is 78.9. The number of allylic oxidation sites excluding steroid dienone is 22. The number of carbonyl (C=O) groups excluding carboxylic acids is 4. The number of rotatable bonds is 79. The fourth-order valence-corrected chi connectivity index (χ4v) is 12.7. The minimum Gasteiger partial charge on any atom is -0.462 e. The number of hydrogen-bond donors (Lipinski definition) is 3. The van der Waals surface area contributed by atoms with E-state index in [2.05, 4.69) is 143 Å². The van der Waals surface area contributed by atoms with Crippen LogP contribution in [0.1, 0.15) is 349 Å². The largest absolute Gasteiger partial charge is 0.472 e. The van der Waals surface area contributed by atoms with Gasteiger partial charge in [0, 0.05) is 25.7 Å². The molecule has 0 aliphatic carbocycles. The van der Waals surface area contributed by atoms with Crippen LogP contribution in [0.15, 0.2) is 134 Å². The molecule has 0 rings (SSSR count). The van der Waals surface area contributed by atoms with Gasteiger partial charge >= 0.3 is 39.5 Å². The molecule has 0 aliphatic rings.